The van der Waals surface area contributed by atoms with Gasteiger partial charge in [-0.15, -0.1) is 0 Å². The molecule has 0 aliphatic rings. The molecule has 0 saturated heterocycles. The van der Waals surface area contributed by atoms with E-state index >= 15 is 0 Å². The highest BCUT2D eigenvalue weighted by Crippen LogP contribution is 2.33. The van der Waals surface area contributed by atoms with Crippen LogP contribution >= 0.6 is 0 Å². The van der Waals surface area contributed by atoms with Crippen LogP contribution in [0.25, 0.3) is 22.6 Å². The van der Waals surface area contributed by atoms with E-state index in [2.05, 4.69) is 15.1 Å². The molecule has 10 heteroatoms. The van der Waals surface area contributed by atoms with E-state index in [1.165, 1.54) is 4.90 Å². The number of halogens is 3. The van der Waals surface area contributed by atoms with Gasteiger partial charge in [-0.2, -0.15) is 18.3 Å². The molecule has 1 aromatic carbocycles. The minimum absolute atomic E-state index is 0.0209. The van der Waals surface area contributed by atoms with Gasteiger partial charge in [0, 0.05) is 25.0 Å². The Bertz CT molecular complexity index is 1530. The van der Waals surface area contributed by atoms with Crippen LogP contribution < -0.4 is 0 Å². The predicted molar refractivity (Wildman–Crippen MR) is 129 cm³/mol. The molecular weight excluding hydrogens is 469 g/mol. The number of amides is 1. The van der Waals surface area contributed by atoms with Crippen molar-refractivity contribution in [1.29, 1.82) is 0 Å². The summed E-state index contributed by atoms with van der Waals surface area (Å²) in [7, 11) is 1.56. The van der Waals surface area contributed by atoms with E-state index in [0.29, 0.717) is 15.8 Å². The molecule has 7 nitrogen and oxygen atoms in total. The van der Waals surface area contributed by atoms with Gasteiger partial charge in [0.15, 0.2) is 11.3 Å². The molecule has 0 aliphatic heterocycles. The summed E-state index contributed by atoms with van der Waals surface area (Å²) < 4.78 is 44.3. The zero-order valence-corrected chi connectivity index (χ0v) is 19.9. The number of rotatable bonds is 5. The number of alkyl halides is 3. The fraction of sp³-hybridized carbons (Fsp3) is 0.231. The van der Waals surface area contributed by atoms with Crippen molar-refractivity contribution in [2.24, 2.45) is 0 Å². The third-order valence-electron chi connectivity index (χ3n) is 6.03. The summed E-state index contributed by atoms with van der Waals surface area (Å²) in [6.07, 6.45) is 0.0825. The highest BCUT2D eigenvalue weighted by atomic mass is 19.4. The van der Waals surface area contributed by atoms with Crippen molar-refractivity contribution in [3.8, 4) is 11.3 Å². The molecule has 0 saturated carbocycles. The second-order valence-electron chi connectivity index (χ2n) is 8.95. The van der Waals surface area contributed by atoms with Gasteiger partial charge < -0.3 is 9.30 Å². The molecule has 5 aromatic rings. The summed E-state index contributed by atoms with van der Waals surface area (Å²) in [4.78, 5) is 23.6. The molecule has 36 heavy (non-hydrogen) atoms. The Kier molecular flexibility index (Phi) is 5.74. The Balaban J connectivity index is 1.54. The molecule has 0 atom stereocenters. The average Bonchev–Trinajstić information content (AvgIpc) is 3.45. The van der Waals surface area contributed by atoms with Crippen molar-refractivity contribution in [3.05, 3.63) is 89.6 Å². The van der Waals surface area contributed by atoms with Crippen LogP contribution in [0.4, 0.5) is 13.2 Å². The lowest BCUT2D eigenvalue weighted by atomic mass is 10.0. The highest BCUT2D eigenvalue weighted by Gasteiger charge is 2.36. The van der Waals surface area contributed by atoms with Crippen LogP contribution in [0.2, 0.25) is 0 Å². The standard InChI is InChI=1S/C26H23F3N6O/c1-16(2)17-7-9-18(10-8-17)21-12-22(26(27,28)29)35-24(32-21)20(13-30-35)25(36)33(3)14-19-15-34-11-5-4-6-23(34)31-19/h4-13,15-16H,14H2,1-3H3. The predicted octanol–water partition coefficient (Wildman–Crippen LogP) is 5.46. The number of fused-ring (bicyclic) bond motifs is 2. The molecular formula is C26H23F3N6O. The summed E-state index contributed by atoms with van der Waals surface area (Å²) in [5.74, 6) is -0.224. The van der Waals surface area contributed by atoms with Crippen molar-refractivity contribution in [3.63, 3.8) is 0 Å². The van der Waals surface area contributed by atoms with Gasteiger partial charge in [-0.1, -0.05) is 44.2 Å². The normalized spacial score (nSPS) is 12.1. The van der Waals surface area contributed by atoms with Gasteiger partial charge in [0.25, 0.3) is 5.91 Å². The van der Waals surface area contributed by atoms with Crippen LogP contribution in [-0.2, 0) is 12.7 Å². The number of pyridine rings is 1. The minimum atomic E-state index is -4.69. The monoisotopic (exact) mass is 492 g/mol. The lowest BCUT2D eigenvalue weighted by molar-refractivity contribution is -0.142. The Morgan fingerprint density at radius 3 is 2.50 bits per heavy atom. The van der Waals surface area contributed by atoms with Crippen LogP contribution in [0.5, 0.6) is 0 Å². The average molecular weight is 493 g/mol. The molecule has 0 aliphatic carbocycles. The first-order chi connectivity index (χ1) is 17.1. The molecule has 0 radical (unpaired) electrons. The Labute approximate surface area is 204 Å². The summed E-state index contributed by atoms with van der Waals surface area (Å²) in [6, 6.07) is 13.7. The van der Waals surface area contributed by atoms with E-state index in [0.717, 1.165) is 23.5 Å². The third-order valence-corrected chi connectivity index (χ3v) is 6.03. The van der Waals surface area contributed by atoms with Gasteiger partial charge in [0.1, 0.15) is 11.2 Å². The van der Waals surface area contributed by atoms with E-state index in [-0.39, 0.29) is 29.4 Å². The van der Waals surface area contributed by atoms with E-state index in [1.54, 1.807) is 25.4 Å². The molecule has 0 fully saturated rings. The minimum Gasteiger partial charge on any atom is -0.336 e. The first-order valence-corrected chi connectivity index (χ1v) is 11.4. The number of imidazole rings is 1. The van der Waals surface area contributed by atoms with Gasteiger partial charge in [0.2, 0.25) is 0 Å². The number of carbonyl (C=O) groups excluding carboxylic acids is 1. The van der Waals surface area contributed by atoms with Gasteiger partial charge in [-0.25, -0.2) is 14.5 Å². The zero-order valence-electron chi connectivity index (χ0n) is 19.9. The van der Waals surface area contributed by atoms with Crippen molar-refractivity contribution < 1.29 is 18.0 Å². The molecule has 0 N–H and O–H groups in total. The summed E-state index contributed by atoms with van der Waals surface area (Å²) in [5, 5.41) is 3.87. The number of hydrogen-bond acceptors (Lipinski definition) is 4. The summed E-state index contributed by atoms with van der Waals surface area (Å²) in [5.41, 5.74) is 1.89. The van der Waals surface area contributed by atoms with Crippen LogP contribution in [0.3, 0.4) is 0 Å². The number of hydrogen-bond donors (Lipinski definition) is 0. The van der Waals surface area contributed by atoms with Gasteiger partial charge >= 0.3 is 6.18 Å². The van der Waals surface area contributed by atoms with Gasteiger partial charge in [-0.05, 0) is 29.7 Å². The number of aromatic nitrogens is 5. The molecule has 5 rings (SSSR count). The van der Waals surface area contributed by atoms with E-state index < -0.39 is 17.8 Å². The van der Waals surface area contributed by atoms with E-state index in [4.69, 9.17) is 0 Å². The fourth-order valence-corrected chi connectivity index (χ4v) is 4.09. The topological polar surface area (TPSA) is 67.8 Å². The Hall–Kier alpha value is -4.21. The first-order valence-electron chi connectivity index (χ1n) is 11.4. The second-order valence-corrected chi connectivity index (χ2v) is 8.95. The SMILES string of the molecule is CC(C)c1ccc(-c2cc(C(F)(F)F)n3ncc(C(=O)N(C)Cc4cn5ccccc5n4)c3n2)cc1. The zero-order chi connectivity index (χ0) is 25.6. The molecule has 0 spiro atoms. The quantitative estimate of drug-likeness (QED) is 0.327. The molecule has 4 aromatic heterocycles. The van der Waals surface area contributed by atoms with Crippen molar-refractivity contribution >= 4 is 17.2 Å². The number of nitrogens with zero attached hydrogens (tertiary/aromatic N) is 6. The second kappa shape index (κ2) is 8.78. The van der Waals surface area contributed by atoms with Crippen LogP contribution in [-0.4, -0.2) is 41.8 Å². The number of benzene rings is 1. The summed E-state index contributed by atoms with van der Waals surface area (Å²) >= 11 is 0. The maximum absolute atomic E-state index is 13.9. The molecule has 0 bridgehead atoms. The maximum atomic E-state index is 13.9. The van der Waals surface area contributed by atoms with Crippen LogP contribution in [0.15, 0.2) is 67.1 Å². The molecule has 0 unspecified atom stereocenters. The van der Waals surface area contributed by atoms with E-state index in [1.807, 2.05) is 54.8 Å². The lowest BCUT2D eigenvalue weighted by Gasteiger charge is -2.16. The fourth-order valence-electron chi connectivity index (χ4n) is 4.09. The highest BCUT2D eigenvalue weighted by molar-refractivity contribution is 5.99. The van der Waals surface area contributed by atoms with Gasteiger partial charge in [0.05, 0.1) is 24.1 Å². The van der Waals surface area contributed by atoms with Gasteiger partial charge in [-0.3, -0.25) is 4.79 Å². The molecule has 184 valence electrons. The molecule has 1 amide bonds. The maximum Gasteiger partial charge on any atom is 0.433 e. The van der Waals surface area contributed by atoms with E-state index in [9.17, 15) is 18.0 Å². The van der Waals surface area contributed by atoms with Crippen molar-refractivity contribution in [2.45, 2.75) is 32.5 Å². The Morgan fingerprint density at radius 2 is 1.83 bits per heavy atom. The van der Waals surface area contributed by atoms with Crippen molar-refractivity contribution in [2.75, 3.05) is 7.05 Å². The van der Waals surface area contributed by atoms with Crippen LogP contribution in [0, 0.1) is 0 Å². The number of carbonyl (C=O) groups is 1. The summed E-state index contributed by atoms with van der Waals surface area (Å²) in [6.45, 7) is 4.24. The lowest BCUT2D eigenvalue weighted by Crippen LogP contribution is -2.26. The van der Waals surface area contributed by atoms with Crippen molar-refractivity contribution in [1.82, 2.24) is 28.9 Å². The first kappa shape index (κ1) is 23.5. The largest absolute Gasteiger partial charge is 0.433 e. The Morgan fingerprint density at radius 1 is 1.08 bits per heavy atom. The smallest absolute Gasteiger partial charge is 0.336 e. The molecule has 4 heterocycles. The van der Waals surface area contributed by atoms with Crippen LogP contribution in [0.1, 0.15) is 47.1 Å². The third kappa shape index (κ3) is 4.30.